The van der Waals surface area contributed by atoms with Gasteiger partial charge in [0.25, 0.3) is 0 Å². The number of nitrogens with zero attached hydrogens (tertiary/aromatic N) is 4. The molecule has 1 aliphatic heterocycles. The molecule has 0 aliphatic carbocycles. The maximum absolute atomic E-state index is 11.4. The van der Waals surface area contributed by atoms with Crippen molar-refractivity contribution in [3.8, 4) is 0 Å². The molecule has 1 aliphatic rings. The number of hydrogen-bond acceptors (Lipinski definition) is 6. The highest BCUT2D eigenvalue weighted by Crippen LogP contribution is 2.36. The second-order valence-electron chi connectivity index (χ2n) is 4.81. The fourth-order valence-electron chi connectivity index (χ4n) is 2.55. The molecule has 0 saturated carbocycles. The molecule has 0 radical (unpaired) electrons. The zero-order valence-electron chi connectivity index (χ0n) is 11.6. The number of hydrogen-bond donors (Lipinski definition) is 1. The standard InChI is InChI=1S/C14H15N5O2/c1-2-15-13-12(19(20)21)14(17-9-16-13)18-7-10-5-3-4-6-11(10)8-18/h3-6,9H,2,7-8H2,1H3,(H,15,16,17). The maximum atomic E-state index is 11.4. The fourth-order valence-corrected chi connectivity index (χ4v) is 2.55. The molecule has 7 heteroatoms. The van der Waals surface area contributed by atoms with Crippen LogP contribution in [0.1, 0.15) is 18.1 Å². The minimum Gasteiger partial charge on any atom is -0.364 e. The van der Waals surface area contributed by atoms with Gasteiger partial charge in [0.2, 0.25) is 11.6 Å². The molecule has 2 heterocycles. The van der Waals surface area contributed by atoms with Crippen LogP contribution in [0.2, 0.25) is 0 Å². The van der Waals surface area contributed by atoms with Crippen LogP contribution in [0.3, 0.4) is 0 Å². The van der Waals surface area contributed by atoms with Crippen LogP contribution in [0, 0.1) is 10.1 Å². The second-order valence-corrected chi connectivity index (χ2v) is 4.81. The molecule has 21 heavy (non-hydrogen) atoms. The molecule has 0 saturated heterocycles. The van der Waals surface area contributed by atoms with E-state index in [-0.39, 0.29) is 11.5 Å². The Morgan fingerprint density at radius 3 is 2.52 bits per heavy atom. The van der Waals surface area contributed by atoms with E-state index >= 15 is 0 Å². The first-order valence-corrected chi connectivity index (χ1v) is 6.75. The molecular weight excluding hydrogens is 270 g/mol. The molecule has 108 valence electrons. The van der Waals surface area contributed by atoms with Gasteiger partial charge in [-0.2, -0.15) is 0 Å². The summed E-state index contributed by atoms with van der Waals surface area (Å²) in [4.78, 5) is 21.0. The highest BCUT2D eigenvalue weighted by atomic mass is 16.6. The third kappa shape index (κ3) is 2.37. The van der Waals surface area contributed by atoms with E-state index in [0.29, 0.717) is 25.5 Å². The topological polar surface area (TPSA) is 84.2 Å². The van der Waals surface area contributed by atoms with Crippen molar-refractivity contribution in [3.05, 3.63) is 51.8 Å². The summed E-state index contributed by atoms with van der Waals surface area (Å²) in [7, 11) is 0. The van der Waals surface area contributed by atoms with Crippen LogP contribution in [0.5, 0.6) is 0 Å². The van der Waals surface area contributed by atoms with Crippen molar-refractivity contribution < 1.29 is 4.92 Å². The van der Waals surface area contributed by atoms with Crippen LogP contribution in [-0.2, 0) is 13.1 Å². The first-order chi connectivity index (χ1) is 10.2. The lowest BCUT2D eigenvalue weighted by Gasteiger charge is -2.17. The van der Waals surface area contributed by atoms with Gasteiger partial charge >= 0.3 is 5.69 Å². The van der Waals surface area contributed by atoms with Crippen LogP contribution < -0.4 is 10.2 Å². The smallest absolute Gasteiger partial charge is 0.353 e. The summed E-state index contributed by atoms with van der Waals surface area (Å²) in [5.41, 5.74) is 2.29. The molecule has 0 fully saturated rings. The average molecular weight is 285 g/mol. The minimum atomic E-state index is -0.420. The molecule has 0 bridgehead atoms. The van der Waals surface area contributed by atoms with Crippen LogP contribution in [0.15, 0.2) is 30.6 Å². The van der Waals surface area contributed by atoms with Crippen LogP contribution in [0.25, 0.3) is 0 Å². The van der Waals surface area contributed by atoms with E-state index in [1.54, 1.807) is 0 Å². The third-order valence-electron chi connectivity index (χ3n) is 3.47. The largest absolute Gasteiger partial charge is 0.364 e. The Bertz CT molecular complexity index is 664. The summed E-state index contributed by atoms with van der Waals surface area (Å²) in [5, 5.41) is 14.3. The van der Waals surface area contributed by atoms with Gasteiger partial charge in [0, 0.05) is 19.6 Å². The Kier molecular flexibility index (Phi) is 3.39. The number of benzene rings is 1. The fraction of sp³-hybridized carbons (Fsp3) is 0.286. The SMILES string of the molecule is CCNc1ncnc(N2Cc3ccccc3C2)c1[N+](=O)[O-]. The first-order valence-electron chi connectivity index (χ1n) is 6.75. The monoisotopic (exact) mass is 285 g/mol. The number of aromatic nitrogens is 2. The lowest BCUT2D eigenvalue weighted by molar-refractivity contribution is -0.383. The summed E-state index contributed by atoms with van der Waals surface area (Å²) in [6.45, 7) is 3.69. The molecule has 0 amide bonds. The van der Waals surface area contributed by atoms with E-state index < -0.39 is 4.92 Å². The predicted molar refractivity (Wildman–Crippen MR) is 79.2 cm³/mol. The van der Waals surface area contributed by atoms with Gasteiger partial charge < -0.3 is 10.2 Å². The number of nitrogens with one attached hydrogen (secondary N) is 1. The number of nitro groups is 1. The van der Waals surface area contributed by atoms with Crippen molar-refractivity contribution >= 4 is 17.3 Å². The molecule has 0 spiro atoms. The van der Waals surface area contributed by atoms with Gasteiger partial charge in [-0.05, 0) is 18.1 Å². The zero-order chi connectivity index (χ0) is 14.8. The first kappa shape index (κ1) is 13.3. The normalized spacial score (nSPS) is 13.1. The second kappa shape index (κ2) is 5.35. The lowest BCUT2D eigenvalue weighted by Crippen LogP contribution is -2.19. The van der Waals surface area contributed by atoms with E-state index in [9.17, 15) is 10.1 Å². The van der Waals surface area contributed by atoms with E-state index in [0.717, 1.165) is 0 Å². The number of rotatable bonds is 4. The zero-order valence-corrected chi connectivity index (χ0v) is 11.6. The van der Waals surface area contributed by atoms with Crippen molar-refractivity contribution in [1.82, 2.24) is 9.97 Å². The Morgan fingerprint density at radius 1 is 1.29 bits per heavy atom. The summed E-state index contributed by atoms with van der Waals surface area (Å²) in [6, 6.07) is 8.02. The molecule has 1 aromatic heterocycles. The van der Waals surface area contributed by atoms with Gasteiger partial charge in [0.1, 0.15) is 6.33 Å². The Morgan fingerprint density at radius 2 is 1.95 bits per heavy atom. The molecule has 1 N–H and O–H groups in total. The van der Waals surface area contributed by atoms with Gasteiger partial charge in [-0.25, -0.2) is 9.97 Å². The average Bonchev–Trinajstić information content (AvgIpc) is 2.91. The van der Waals surface area contributed by atoms with Gasteiger partial charge in [-0.1, -0.05) is 24.3 Å². The highest BCUT2D eigenvalue weighted by molar-refractivity contribution is 5.71. The van der Waals surface area contributed by atoms with Gasteiger partial charge in [0.05, 0.1) is 4.92 Å². The van der Waals surface area contributed by atoms with E-state index in [1.165, 1.54) is 17.5 Å². The molecular formula is C14H15N5O2. The van der Waals surface area contributed by atoms with Gasteiger partial charge in [0.15, 0.2) is 0 Å². The van der Waals surface area contributed by atoms with Gasteiger partial charge in [-0.15, -0.1) is 0 Å². The third-order valence-corrected chi connectivity index (χ3v) is 3.47. The lowest BCUT2D eigenvalue weighted by atomic mass is 10.1. The van der Waals surface area contributed by atoms with Crippen LogP contribution in [0.4, 0.5) is 17.3 Å². The van der Waals surface area contributed by atoms with E-state index in [2.05, 4.69) is 15.3 Å². The highest BCUT2D eigenvalue weighted by Gasteiger charge is 2.30. The van der Waals surface area contributed by atoms with E-state index in [4.69, 9.17) is 0 Å². The summed E-state index contributed by atoms with van der Waals surface area (Å²) in [6.07, 6.45) is 1.36. The predicted octanol–water partition coefficient (Wildman–Crippen LogP) is 2.34. The Hall–Kier alpha value is -2.70. The molecule has 3 rings (SSSR count). The molecule has 0 atom stereocenters. The van der Waals surface area contributed by atoms with Crippen molar-refractivity contribution in [2.45, 2.75) is 20.0 Å². The molecule has 7 nitrogen and oxygen atoms in total. The molecule has 1 aromatic carbocycles. The van der Waals surface area contributed by atoms with Crippen molar-refractivity contribution in [3.63, 3.8) is 0 Å². The number of fused-ring (bicyclic) bond motifs is 1. The number of anilines is 2. The van der Waals surface area contributed by atoms with Crippen LogP contribution in [-0.4, -0.2) is 21.4 Å². The van der Waals surface area contributed by atoms with Crippen molar-refractivity contribution in [2.24, 2.45) is 0 Å². The molecule has 0 unspecified atom stereocenters. The summed E-state index contributed by atoms with van der Waals surface area (Å²) >= 11 is 0. The van der Waals surface area contributed by atoms with Crippen molar-refractivity contribution in [1.29, 1.82) is 0 Å². The quantitative estimate of drug-likeness (QED) is 0.685. The minimum absolute atomic E-state index is 0.0628. The van der Waals surface area contributed by atoms with Gasteiger partial charge in [-0.3, -0.25) is 10.1 Å². The van der Waals surface area contributed by atoms with Crippen LogP contribution >= 0.6 is 0 Å². The molecule has 2 aromatic rings. The maximum Gasteiger partial charge on any atom is 0.353 e. The Balaban J connectivity index is 2.00. The van der Waals surface area contributed by atoms with E-state index in [1.807, 2.05) is 36.1 Å². The summed E-state index contributed by atoms with van der Waals surface area (Å²) < 4.78 is 0. The Labute approximate surface area is 121 Å². The summed E-state index contributed by atoms with van der Waals surface area (Å²) in [5.74, 6) is 0.630. The van der Waals surface area contributed by atoms with Crippen molar-refractivity contribution in [2.75, 3.05) is 16.8 Å².